The molecule has 11 heteroatoms. The van der Waals surface area contributed by atoms with Crippen LogP contribution in [0.15, 0.2) is 73.1 Å². The van der Waals surface area contributed by atoms with Crippen LogP contribution in [0.25, 0.3) is 44.4 Å². The summed E-state index contributed by atoms with van der Waals surface area (Å²) in [6, 6.07) is 22.9. The molecule has 7 rings (SSSR count). The van der Waals surface area contributed by atoms with Crippen LogP contribution in [0, 0.1) is 23.2 Å². The summed E-state index contributed by atoms with van der Waals surface area (Å²) in [5, 5.41) is 17.6. The summed E-state index contributed by atoms with van der Waals surface area (Å²) in [6.45, 7) is 5.13. The average Bonchev–Trinajstić information content (AvgIpc) is 3.96. The van der Waals surface area contributed by atoms with Crippen molar-refractivity contribution in [1.82, 2.24) is 35.5 Å². The minimum absolute atomic E-state index is 0.0254. The summed E-state index contributed by atoms with van der Waals surface area (Å²) < 4.78 is 4.75. The first-order chi connectivity index (χ1) is 23.8. The SMILES string of the molecule is COC(=O)N[C@H](C(=O)N1CCC[C@H]1c1ncc(-c2ccc(-c3ccc4cc(-c5cnc([C@@H]6C[C@H](C#N)CN6)[nH]5)ccc4c3)cc2)[nH]1)C(C)C. The Bertz CT molecular complexity index is 2020. The largest absolute Gasteiger partial charge is 0.453 e. The van der Waals surface area contributed by atoms with Gasteiger partial charge in [-0.1, -0.05) is 62.4 Å². The van der Waals surface area contributed by atoms with Gasteiger partial charge in [0.15, 0.2) is 0 Å². The second-order valence-corrected chi connectivity index (χ2v) is 13.3. The van der Waals surface area contributed by atoms with E-state index >= 15 is 0 Å². The lowest BCUT2D eigenvalue weighted by Crippen LogP contribution is -2.51. The first kappa shape index (κ1) is 32.1. The number of rotatable bonds is 8. The van der Waals surface area contributed by atoms with E-state index in [2.05, 4.69) is 97.3 Å². The van der Waals surface area contributed by atoms with E-state index in [4.69, 9.17) is 4.74 Å². The molecule has 4 atom stereocenters. The number of amides is 2. The third kappa shape index (κ3) is 6.52. The maximum Gasteiger partial charge on any atom is 0.407 e. The lowest BCUT2D eigenvalue weighted by molar-refractivity contribution is -0.135. The van der Waals surface area contributed by atoms with E-state index in [-0.39, 0.29) is 29.8 Å². The Hall–Kier alpha value is -5.47. The molecule has 2 aliphatic rings. The second-order valence-electron chi connectivity index (χ2n) is 13.3. The molecule has 2 aliphatic heterocycles. The molecule has 4 N–H and O–H groups in total. The molecule has 0 unspecified atom stereocenters. The fraction of sp³-hybridized carbons (Fsp3) is 0.342. The number of carbonyl (C=O) groups excluding carboxylic acids is 2. The maximum absolute atomic E-state index is 13.5. The minimum Gasteiger partial charge on any atom is -0.453 e. The maximum atomic E-state index is 13.5. The molecule has 5 aromatic rings. The number of nitriles is 1. The van der Waals surface area contributed by atoms with Crippen LogP contribution < -0.4 is 10.6 Å². The number of nitrogens with zero attached hydrogens (tertiary/aromatic N) is 4. The molecule has 49 heavy (non-hydrogen) atoms. The van der Waals surface area contributed by atoms with Crippen molar-refractivity contribution in [2.45, 2.75) is 51.2 Å². The molecule has 0 spiro atoms. The number of imidazole rings is 2. The van der Waals surface area contributed by atoms with Crippen molar-refractivity contribution in [1.29, 1.82) is 5.26 Å². The lowest BCUT2D eigenvalue weighted by Gasteiger charge is -2.30. The Morgan fingerprint density at radius 1 is 0.918 bits per heavy atom. The van der Waals surface area contributed by atoms with Gasteiger partial charge in [-0.2, -0.15) is 5.26 Å². The van der Waals surface area contributed by atoms with Crippen molar-refractivity contribution >= 4 is 22.8 Å². The minimum atomic E-state index is -0.671. The van der Waals surface area contributed by atoms with Crippen LogP contribution in [-0.4, -0.2) is 63.1 Å². The number of carbonyl (C=O) groups is 2. The number of methoxy groups -OCH3 is 1. The van der Waals surface area contributed by atoms with Gasteiger partial charge in [0.1, 0.15) is 17.7 Å². The number of ether oxygens (including phenoxy) is 1. The zero-order chi connectivity index (χ0) is 34.1. The van der Waals surface area contributed by atoms with E-state index in [0.29, 0.717) is 13.1 Å². The Kier molecular flexibility index (Phi) is 8.89. The summed E-state index contributed by atoms with van der Waals surface area (Å²) >= 11 is 0. The Morgan fingerprint density at radius 3 is 2.24 bits per heavy atom. The summed E-state index contributed by atoms with van der Waals surface area (Å²) in [4.78, 5) is 43.4. The highest BCUT2D eigenvalue weighted by atomic mass is 16.5. The Morgan fingerprint density at radius 2 is 1.55 bits per heavy atom. The number of aromatic nitrogens is 4. The molecule has 250 valence electrons. The molecule has 0 saturated carbocycles. The number of H-pyrrole nitrogens is 2. The number of hydrogen-bond donors (Lipinski definition) is 4. The van der Waals surface area contributed by atoms with Gasteiger partial charge < -0.3 is 30.2 Å². The predicted molar refractivity (Wildman–Crippen MR) is 187 cm³/mol. The standard InChI is InChI=1S/C38H40N8O3/c1-22(2)34(45-38(48)49-3)37(47)46-14-4-5-33(46)36-42-20-31(44-36)25-8-6-24(7-9-25)26-10-11-28-17-29(13-12-27(28)16-26)32-21-41-35(43-32)30-15-23(18-39)19-40-30/h6-13,16-17,20-23,30,33-34,40H,4-5,14-15,19H2,1-3H3,(H,41,43)(H,42,44)(H,45,48)/t23-,30+,33+,34+/m1/s1. The molecule has 0 aliphatic carbocycles. The van der Waals surface area contributed by atoms with Gasteiger partial charge in [0.25, 0.3) is 0 Å². The van der Waals surface area contributed by atoms with Crippen LogP contribution in [-0.2, 0) is 9.53 Å². The van der Waals surface area contributed by atoms with Crippen LogP contribution in [0.3, 0.4) is 0 Å². The van der Waals surface area contributed by atoms with Crippen LogP contribution in [0.1, 0.15) is 56.8 Å². The zero-order valence-electron chi connectivity index (χ0n) is 27.9. The number of hydrogen-bond acceptors (Lipinski definition) is 7. The van der Waals surface area contributed by atoms with E-state index in [1.165, 1.54) is 7.11 Å². The first-order valence-electron chi connectivity index (χ1n) is 16.8. The Labute approximate surface area is 285 Å². The van der Waals surface area contributed by atoms with Gasteiger partial charge >= 0.3 is 6.09 Å². The number of likely N-dealkylation sites (tertiary alicyclic amines) is 1. The van der Waals surface area contributed by atoms with E-state index in [1.54, 1.807) is 0 Å². The second kappa shape index (κ2) is 13.6. The Balaban J connectivity index is 1.04. The summed E-state index contributed by atoms with van der Waals surface area (Å²) in [6.07, 6.45) is 5.51. The molecule has 3 aromatic carbocycles. The van der Waals surface area contributed by atoms with Crippen LogP contribution in [0.2, 0.25) is 0 Å². The monoisotopic (exact) mass is 656 g/mol. The van der Waals surface area contributed by atoms with Gasteiger partial charge in [-0.25, -0.2) is 14.8 Å². The third-order valence-corrected chi connectivity index (χ3v) is 9.76. The van der Waals surface area contributed by atoms with Crippen LogP contribution in [0.4, 0.5) is 4.79 Å². The summed E-state index contributed by atoms with van der Waals surface area (Å²) in [7, 11) is 1.30. The van der Waals surface area contributed by atoms with E-state index < -0.39 is 12.1 Å². The van der Waals surface area contributed by atoms with E-state index in [0.717, 1.165) is 75.3 Å². The predicted octanol–water partition coefficient (Wildman–Crippen LogP) is 6.51. The van der Waals surface area contributed by atoms with Crippen molar-refractivity contribution in [2.24, 2.45) is 11.8 Å². The third-order valence-electron chi connectivity index (χ3n) is 9.76. The smallest absolute Gasteiger partial charge is 0.407 e. The molecule has 2 aromatic heterocycles. The number of alkyl carbamates (subject to hydrolysis) is 1. The van der Waals surface area contributed by atoms with Gasteiger partial charge in [0, 0.05) is 18.7 Å². The molecule has 2 fully saturated rings. The lowest BCUT2D eigenvalue weighted by atomic mass is 9.98. The van der Waals surface area contributed by atoms with Crippen molar-refractivity contribution in [2.75, 3.05) is 20.2 Å². The molecule has 0 bridgehead atoms. The highest BCUT2D eigenvalue weighted by Crippen LogP contribution is 2.34. The van der Waals surface area contributed by atoms with Crippen molar-refractivity contribution in [3.05, 3.63) is 84.7 Å². The molecule has 2 amide bonds. The van der Waals surface area contributed by atoms with Gasteiger partial charge in [-0.15, -0.1) is 0 Å². The van der Waals surface area contributed by atoms with Crippen molar-refractivity contribution in [3.63, 3.8) is 0 Å². The molecule has 11 nitrogen and oxygen atoms in total. The van der Waals surface area contributed by atoms with E-state index in [1.807, 2.05) is 31.1 Å². The molecule has 0 radical (unpaired) electrons. The fourth-order valence-electron chi connectivity index (χ4n) is 6.98. The number of benzene rings is 3. The van der Waals surface area contributed by atoms with Gasteiger partial charge in [-0.05, 0) is 64.8 Å². The van der Waals surface area contributed by atoms with Gasteiger partial charge in [0.2, 0.25) is 5.91 Å². The van der Waals surface area contributed by atoms with Crippen LogP contribution >= 0.6 is 0 Å². The molecule has 4 heterocycles. The average molecular weight is 657 g/mol. The quantitative estimate of drug-likeness (QED) is 0.149. The van der Waals surface area contributed by atoms with E-state index in [9.17, 15) is 14.9 Å². The topological polar surface area (TPSA) is 152 Å². The highest BCUT2D eigenvalue weighted by molar-refractivity contribution is 5.90. The number of aromatic amines is 2. The molecule has 2 saturated heterocycles. The first-order valence-corrected chi connectivity index (χ1v) is 16.8. The summed E-state index contributed by atoms with van der Waals surface area (Å²) in [5.41, 5.74) is 6.16. The highest BCUT2D eigenvalue weighted by Gasteiger charge is 2.37. The van der Waals surface area contributed by atoms with Gasteiger partial charge in [0.05, 0.1) is 55.0 Å². The van der Waals surface area contributed by atoms with Crippen molar-refractivity contribution in [3.8, 4) is 39.7 Å². The molecular formula is C38H40N8O3. The van der Waals surface area contributed by atoms with Gasteiger partial charge in [-0.3, -0.25) is 4.79 Å². The summed E-state index contributed by atoms with van der Waals surface area (Å²) in [5.74, 6) is 1.43. The van der Waals surface area contributed by atoms with Crippen LogP contribution in [0.5, 0.6) is 0 Å². The van der Waals surface area contributed by atoms with Crippen molar-refractivity contribution < 1.29 is 14.3 Å². The normalized spacial score (nSPS) is 19.7. The number of nitrogens with one attached hydrogen (secondary N) is 4. The number of fused-ring (bicyclic) bond motifs is 1. The molecular weight excluding hydrogens is 616 g/mol. The zero-order valence-corrected chi connectivity index (χ0v) is 27.9. The fourth-order valence-corrected chi connectivity index (χ4v) is 6.98.